The van der Waals surface area contributed by atoms with Gasteiger partial charge in [-0.05, 0) is 37.3 Å². The van der Waals surface area contributed by atoms with Gasteiger partial charge in [-0.2, -0.15) is 0 Å². The van der Waals surface area contributed by atoms with Crippen LogP contribution in [0, 0.1) is 5.82 Å². The second-order valence-corrected chi connectivity index (χ2v) is 4.39. The number of nitrogens with one attached hydrogen (secondary N) is 1. The van der Waals surface area contributed by atoms with Crippen LogP contribution in [0.4, 0.5) is 4.39 Å². The van der Waals surface area contributed by atoms with Crippen LogP contribution in [0.25, 0.3) is 0 Å². The molecule has 1 atom stereocenters. The summed E-state index contributed by atoms with van der Waals surface area (Å²) in [6.45, 7) is 1.30. The van der Waals surface area contributed by atoms with Crippen LogP contribution in [0.1, 0.15) is 29.1 Å². The third kappa shape index (κ3) is 4.17. The van der Waals surface area contributed by atoms with E-state index in [0.29, 0.717) is 5.76 Å². The van der Waals surface area contributed by atoms with E-state index in [1.807, 2.05) is 0 Å². The first kappa shape index (κ1) is 14.8. The number of hydrogen-bond donors (Lipinski definition) is 1. The molecule has 1 aromatic heterocycles. The van der Waals surface area contributed by atoms with E-state index in [9.17, 15) is 14.0 Å². The lowest BCUT2D eigenvalue weighted by Gasteiger charge is -2.11. The van der Waals surface area contributed by atoms with Crippen molar-refractivity contribution in [3.8, 4) is 0 Å². The zero-order valence-corrected chi connectivity index (χ0v) is 11.3. The molecule has 0 bridgehead atoms. The summed E-state index contributed by atoms with van der Waals surface area (Å²) >= 11 is 0. The minimum Gasteiger partial charge on any atom is -0.467 e. The Kier molecular flexibility index (Phi) is 4.71. The number of carbonyl (C=O) groups excluding carboxylic acids is 2. The van der Waals surface area contributed by atoms with Gasteiger partial charge in [0.2, 0.25) is 0 Å². The van der Waals surface area contributed by atoms with E-state index in [4.69, 9.17) is 9.15 Å². The van der Waals surface area contributed by atoms with Gasteiger partial charge in [0.1, 0.15) is 11.6 Å². The van der Waals surface area contributed by atoms with Crippen molar-refractivity contribution >= 4 is 11.9 Å². The molecule has 0 saturated carbocycles. The van der Waals surface area contributed by atoms with Crippen LogP contribution in [0.15, 0.2) is 47.1 Å². The molecule has 1 amide bonds. The Balaban J connectivity index is 1.82. The van der Waals surface area contributed by atoms with Crippen molar-refractivity contribution in [1.29, 1.82) is 0 Å². The minimum absolute atomic E-state index is 0.0573. The molecule has 0 aliphatic heterocycles. The Bertz CT molecular complexity index is 624. The second-order valence-electron chi connectivity index (χ2n) is 4.39. The van der Waals surface area contributed by atoms with Crippen molar-refractivity contribution in [1.82, 2.24) is 5.32 Å². The normalized spacial score (nSPS) is 11.7. The summed E-state index contributed by atoms with van der Waals surface area (Å²) in [6, 6.07) is 8.17. The zero-order chi connectivity index (χ0) is 15.2. The third-order valence-electron chi connectivity index (χ3n) is 2.74. The highest BCUT2D eigenvalue weighted by Gasteiger charge is 2.14. The predicted octanol–water partition coefficient (Wildman–Crippen LogP) is 2.45. The monoisotopic (exact) mass is 291 g/mol. The predicted molar refractivity (Wildman–Crippen MR) is 71.9 cm³/mol. The summed E-state index contributed by atoms with van der Waals surface area (Å²) in [5, 5.41) is 2.62. The number of amides is 1. The summed E-state index contributed by atoms with van der Waals surface area (Å²) in [5.41, 5.74) is 0.0573. The topological polar surface area (TPSA) is 68.5 Å². The van der Waals surface area contributed by atoms with Crippen LogP contribution in [-0.2, 0) is 9.53 Å². The van der Waals surface area contributed by atoms with Crippen molar-refractivity contribution in [3.63, 3.8) is 0 Å². The summed E-state index contributed by atoms with van der Waals surface area (Å²) in [7, 11) is 0. The number of ether oxygens (including phenoxy) is 1. The summed E-state index contributed by atoms with van der Waals surface area (Å²) in [4.78, 5) is 23.3. The first-order chi connectivity index (χ1) is 10.1. The van der Waals surface area contributed by atoms with E-state index < -0.39 is 24.3 Å². The maximum Gasteiger partial charge on any atom is 0.338 e. The van der Waals surface area contributed by atoms with Crippen LogP contribution in [0.3, 0.4) is 0 Å². The van der Waals surface area contributed by atoms with Gasteiger partial charge in [-0.25, -0.2) is 9.18 Å². The Morgan fingerprint density at radius 1 is 1.33 bits per heavy atom. The van der Waals surface area contributed by atoms with E-state index >= 15 is 0 Å². The number of benzene rings is 1. The van der Waals surface area contributed by atoms with Gasteiger partial charge in [0.25, 0.3) is 5.91 Å². The molecule has 6 heteroatoms. The van der Waals surface area contributed by atoms with Crippen molar-refractivity contribution < 1.29 is 23.1 Å². The van der Waals surface area contributed by atoms with E-state index in [2.05, 4.69) is 5.32 Å². The third-order valence-corrected chi connectivity index (χ3v) is 2.74. The molecule has 0 saturated heterocycles. The molecule has 2 rings (SSSR count). The summed E-state index contributed by atoms with van der Waals surface area (Å²) < 4.78 is 22.9. The molecule has 2 aromatic rings. The van der Waals surface area contributed by atoms with Gasteiger partial charge >= 0.3 is 5.97 Å². The average Bonchev–Trinajstić information content (AvgIpc) is 2.99. The lowest BCUT2D eigenvalue weighted by molar-refractivity contribution is -0.125. The highest BCUT2D eigenvalue weighted by atomic mass is 19.1. The number of esters is 1. The van der Waals surface area contributed by atoms with Crippen molar-refractivity contribution in [2.45, 2.75) is 13.0 Å². The Morgan fingerprint density at radius 2 is 2.14 bits per heavy atom. The van der Waals surface area contributed by atoms with Crippen molar-refractivity contribution in [2.75, 3.05) is 6.61 Å². The minimum atomic E-state index is -0.754. The lowest BCUT2D eigenvalue weighted by atomic mass is 10.2. The molecule has 0 aliphatic rings. The molecular weight excluding hydrogens is 277 g/mol. The molecule has 1 N–H and O–H groups in total. The molecule has 0 aliphatic carbocycles. The highest BCUT2D eigenvalue weighted by Crippen LogP contribution is 2.12. The fourth-order valence-corrected chi connectivity index (χ4v) is 1.72. The van der Waals surface area contributed by atoms with Crippen LogP contribution in [-0.4, -0.2) is 18.5 Å². The zero-order valence-electron chi connectivity index (χ0n) is 11.3. The van der Waals surface area contributed by atoms with Gasteiger partial charge in [0, 0.05) is 0 Å². The quantitative estimate of drug-likeness (QED) is 0.859. The van der Waals surface area contributed by atoms with Crippen LogP contribution >= 0.6 is 0 Å². The SMILES string of the molecule is C[C@H](NC(=O)COC(=O)c1cccc(F)c1)c1ccco1. The number of halogens is 1. The molecule has 0 fully saturated rings. The summed E-state index contributed by atoms with van der Waals surface area (Å²) in [6.07, 6.45) is 1.50. The van der Waals surface area contributed by atoms with Gasteiger partial charge < -0.3 is 14.5 Å². The Morgan fingerprint density at radius 3 is 2.81 bits per heavy atom. The smallest absolute Gasteiger partial charge is 0.338 e. The first-order valence-electron chi connectivity index (χ1n) is 6.31. The van der Waals surface area contributed by atoms with Crippen LogP contribution in [0.2, 0.25) is 0 Å². The highest BCUT2D eigenvalue weighted by molar-refractivity contribution is 5.91. The standard InChI is InChI=1S/C15H14FNO4/c1-10(13-6-3-7-20-13)17-14(18)9-21-15(19)11-4-2-5-12(16)8-11/h2-8,10H,9H2,1H3,(H,17,18)/t10-/m0/s1. The molecule has 0 spiro atoms. The van der Waals surface area contributed by atoms with Gasteiger partial charge in [-0.1, -0.05) is 6.07 Å². The fourth-order valence-electron chi connectivity index (χ4n) is 1.72. The fraction of sp³-hybridized carbons (Fsp3) is 0.200. The number of rotatable bonds is 5. The molecule has 0 unspecified atom stereocenters. The van der Waals surface area contributed by atoms with Crippen molar-refractivity contribution in [3.05, 3.63) is 59.8 Å². The molecular formula is C15H14FNO4. The van der Waals surface area contributed by atoms with E-state index in [-0.39, 0.29) is 11.6 Å². The first-order valence-corrected chi connectivity index (χ1v) is 6.31. The van der Waals surface area contributed by atoms with Gasteiger partial charge in [0.05, 0.1) is 17.9 Å². The number of hydrogen-bond acceptors (Lipinski definition) is 4. The van der Waals surface area contributed by atoms with E-state index in [0.717, 1.165) is 6.07 Å². The Hall–Kier alpha value is -2.63. The van der Waals surface area contributed by atoms with Gasteiger partial charge in [-0.15, -0.1) is 0 Å². The van der Waals surface area contributed by atoms with Crippen molar-refractivity contribution in [2.24, 2.45) is 0 Å². The van der Waals surface area contributed by atoms with Crippen LogP contribution in [0.5, 0.6) is 0 Å². The largest absolute Gasteiger partial charge is 0.467 e. The molecule has 21 heavy (non-hydrogen) atoms. The maximum atomic E-state index is 13.0. The van der Waals surface area contributed by atoms with E-state index in [1.165, 1.54) is 24.5 Å². The lowest BCUT2D eigenvalue weighted by Crippen LogP contribution is -2.31. The molecule has 1 heterocycles. The van der Waals surface area contributed by atoms with E-state index in [1.54, 1.807) is 19.1 Å². The van der Waals surface area contributed by atoms with Gasteiger partial charge in [-0.3, -0.25) is 4.79 Å². The molecule has 5 nitrogen and oxygen atoms in total. The number of carbonyl (C=O) groups is 2. The Labute approximate surface area is 120 Å². The maximum absolute atomic E-state index is 13.0. The second kappa shape index (κ2) is 6.69. The number of furan rings is 1. The molecule has 0 radical (unpaired) electrons. The van der Waals surface area contributed by atoms with Gasteiger partial charge in [0.15, 0.2) is 6.61 Å². The van der Waals surface area contributed by atoms with Crippen LogP contribution < -0.4 is 5.32 Å². The molecule has 110 valence electrons. The summed E-state index contributed by atoms with van der Waals surface area (Å²) in [5.74, 6) is -1.17. The molecule has 1 aromatic carbocycles. The average molecular weight is 291 g/mol.